The summed E-state index contributed by atoms with van der Waals surface area (Å²) in [6, 6.07) is -0.208. The van der Waals surface area contributed by atoms with Crippen LogP contribution in [-0.2, 0) is 9.53 Å². The van der Waals surface area contributed by atoms with Gasteiger partial charge in [0.05, 0.1) is 11.6 Å². The van der Waals surface area contributed by atoms with E-state index in [-0.39, 0.29) is 18.4 Å². The molecule has 2 aliphatic carbocycles. The van der Waals surface area contributed by atoms with Crippen molar-refractivity contribution < 1.29 is 18.3 Å². The van der Waals surface area contributed by atoms with E-state index in [0.717, 1.165) is 0 Å². The average Bonchev–Trinajstić information content (AvgIpc) is 2.89. The number of alkyl halides is 2. The molecule has 5 heteroatoms. The van der Waals surface area contributed by atoms with Gasteiger partial charge >= 0.3 is 0 Å². The zero-order chi connectivity index (χ0) is 10.9. The number of hydrogen-bond donors (Lipinski definition) is 1. The molecule has 0 aromatic carbocycles. The molecule has 1 N–H and O–H groups in total. The van der Waals surface area contributed by atoms with Crippen molar-refractivity contribution in [3.63, 3.8) is 0 Å². The SMILES string of the molecule is CC(=O)NC1C[C@@]12CC(F)(F)C1(CC1)O2. The van der Waals surface area contributed by atoms with Crippen LogP contribution < -0.4 is 5.32 Å². The minimum Gasteiger partial charge on any atom is -0.360 e. The quantitative estimate of drug-likeness (QED) is 0.717. The molecule has 0 aromatic rings. The third kappa shape index (κ3) is 1.16. The molecular formula is C10H13F2NO2. The topological polar surface area (TPSA) is 38.3 Å². The lowest BCUT2D eigenvalue weighted by Gasteiger charge is -2.15. The van der Waals surface area contributed by atoms with Crippen molar-refractivity contribution in [1.29, 1.82) is 0 Å². The van der Waals surface area contributed by atoms with Gasteiger partial charge in [-0.3, -0.25) is 4.79 Å². The maximum atomic E-state index is 13.6. The summed E-state index contributed by atoms with van der Waals surface area (Å²) in [5, 5.41) is 2.66. The lowest BCUT2D eigenvalue weighted by Crippen LogP contribution is -2.30. The molecule has 1 aliphatic heterocycles. The summed E-state index contributed by atoms with van der Waals surface area (Å²) in [6.45, 7) is 1.39. The monoisotopic (exact) mass is 217 g/mol. The van der Waals surface area contributed by atoms with Crippen LogP contribution in [0.1, 0.15) is 32.6 Å². The largest absolute Gasteiger partial charge is 0.360 e. The van der Waals surface area contributed by atoms with Gasteiger partial charge in [0.15, 0.2) is 0 Å². The second-order valence-corrected chi connectivity index (χ2v) is 5.00. The van der Waals surface area contributed by atoms with Gasteiger partial charge in [-0.25, -0.2) is 8.78 Å². The average molecular weight is 217 g/mol. The first-order valence-corrected chi connectivity index (χ1v) is 5.24. The van der Waals surface area contributed by atoms with Crippen LogP contribution in [0.15, 0.2) is 0 Å². The number of carbonyl (C=O) groups is 1. The van der Waals surface area contributed by atoms with Gasteiger partial charge in [-0.2, -0.15) is 0 Å². The van der Waals surface area contributed by atoms with E-state index in [1.807, 2.05) is 0 Å². The van der Waals surface area contributed by atoms with E-state index in [2.05, 4.69) is 5.32 Å². The van der Waals surface area contributed by atoms with Crippen molar-refractivity contribution in [2.24, 2.45) is 0 Å². The highest BCUT2D eigenvalue weighted by Gasteiger charge is 2.79. The van der Waals surface area contributed by atoms with Crippen molar-refractivity contribution >= 4 is 5.91 Å². The first-order chi connectivity index (χ1) is 6.89. The van der Waals surface area contributed by atoms with Gasteiger partial charge in [0.2, 0.25) is 5.91 Å². The summed E-state index contributed by atoms with van der Waals surface area (Å²) >= 11 is 0. The number of hydrogen-bond acceptors (Lipinski definition) is 2. The fourth-order valence-electron chi connectivity index (χ4n) is 2.64. The summed E-state index contributed by atoms with van der Waals surface area (Å²) in [5.74, 6) is -2.89. The van der Waals surface area contributed by atoms with E-state index in [0.29, 0.717) is 19.3 Å². The van der Waals surface area contributed by atoms with E-state index in [9.17, 15) is 13.6 Å². The van der Waals surface area contributed by atoms with E-state index >= 15 is 0 Å². The van der Waals surface area contributed by atoms with Gasteiger partial charge in [-0.1, -0.05) is 0 Å². The zero-order valence-corrected chi connectivity index (χ0v) is 8.48. The van der Waals surface area contributed by atoms with Crippen LogP contribution in [0.3, 0.4) is 0 Å². The number of nitrogens with one attached hydrogen (secondary N) is 1. The first-order valence-electron chi connectivity index (χ1n) is 5.24. The van der Waals surface area contributed by atoms with Crippen LogP contribution in [0.25, 0.3) is 0 Å². The molecular weight excluding hydrogens is 204 g/mol. The molecule has 2 saturated carbocycles. The third-order valence-electron chi connectivity index (χ3n) is 3.69. The molecule has 84 valence electrons. The molecule has 0 radical (unpaired) electrons. The number of rotatable bonds is 1. The Morgan fingerprint density at radius 3 is 2.60 bits per heavy atom. The number of amides is 1. The lowest BCUT2D eigenvalue weighted by atomic mass is 10.1. The predicted octanol–water partition coefficient (Wildman–Crippen LogP) is 1.22. The van der Waals surface area contributed by atoms with Crippen molar-refractivity contribution in [3.8, 4) is 0 Å². The highest BCUT2D eigenvalue weighted by molar-refractivity contribution is 5.74. The molecule has 2 atom stereocenters. The van der Waals surface area contributed by atoms with Crippen molar-refractivity contribution in [2.45, 2.75) is 55.8 Å². The minimum absolute atomic E-state index is 0.180. The van der Waals surface area contributed by atoms with Gasteiger partial charge in [-0.05, 0) is 12.8 Å². The van der Waals surface area contributed by atoms with Gasteiger partial charge < -0.3 is 10.1 Å². The van der Waals surface area contributed by atoms with Crippen molar-refractivity contribution in [1.82, 2.24) is 5.32 Å². The van der Waals surface area contributed by atoms with Crippen LogP contribution in [0.4, 0.5) is 8.78 Å². The highest BCUT2D eigenvalue weighted by atomic mass is 19.3. The molecule has 1 heterocycles. The maximum absolute atomic E-state index is 13.6. The van der Waals surface area contributed by atoms with Crippen LogP contribution in [0.5, 0.6) is 0 Å². The fourth-order valence-corrected chi connectivity index (χ4v) is 2.64. The zero-order valence-electron chi connectivity index (χ0n) is 8.48. The number of ether oxygens (including phenoxy) is 1. The Morgan fingerprint density at radius 1 is 1.47 bits per heavy atom. The molecule has 3 aliphatic rings. The Hall–Kier alpha value is -0.710. The highest BCUT2D eigenvalue weighted by Crippen LogP contribution is 2.67. The van der Waals surface area contributed by atoms with E-state index < -0.39 is 17.1 Å². The molecule has 3 rings (SSSR count). The predicted molar refractivity (Wildman–Crippen MR) is 47.6 cm³/mol. The molecule has 2 spiro atoms. The smallest absolute Gasteiger partial charge is 0.279 e. The normalized spacial score (nSPS) is 43.3. The van der Waals surface area contributed by atoms with E-state index in [4.69, 9.17) is 4.74 Å². The summed E-state index contributed by atoms with van der Waals surface area (Å²) < 4.78 is 32.7. The standard InChI is InChI=1S/C10H13F2NO2/c1-6(14)13-7-4-8(7)5-10(11,12)9(15-8)2-3-9/h7H,2-5H2,1H3,(H,13,14)/t7?,8-/m1/s1. The van der Waals surface area contributed by atoms with Crippen LogP contribution in [0.2, 0.25) is 0 Å². The maximum Gasteiger partial charge on any atom is 0.279 e. The fraction of sp³-hybridized carbons (Fsp3) is 0.900. The molecule has 0 bridgehead atoms. The number of halogens is 2. The Bertz CT molecular complexity index is 332. The molecule has 15 heavy (non-hydrogen) atoms. The second kappa shape index (κ2) is 2.34. The Labute approximate surface area is 86.2 Å². The van der Waals surface area contributed by atoms with E-state index in [1.165, 1.54) is 6.92 Å². The first kappa shape index (κ1) is 9.51. The van der Waals surface area contributed by atoms with Gasteiger partial charge in [0.25, 0.3) is 5.92 Å². The molecule has 1 unspecified atom stereocenters. The Morgan fingerprint density at radius 2 is 2.13 bits per heavy atom. The van der Waals surface area contributed by atoms with E-state index in [1.54, 1.807) is 0 Å². The summed E-state index contributed by atoms with van der Waals surface area (Å²) in [4.78, 5) is 10.8. The van der Waals surface area contributed by atoms with Crippen molar-refractivity contribution in [3.05, 3.63) is 0 Å². The van der Waals surface area contributed by atoms with Gasteiger partial charge in [0, 0.05) is 19.8 Å². The Kier molecular flexibility index (Phi) is 1.48. The minimum atomic E-state index is -2.71. The molecule has 3 fully saturated rings. The lowest BCUT2D eigenvalue weighted by molar-refractivity contribution is -0.120. The molecule has 1 saturated heterocycles. The number of carbonyl (C=O) groups excluding carboxylic acids is 1. The van der Waals surface area contributed by atoms with Crippen LogP contribution in [-0.4, -0.2) is 29.1 Å². The summed E-state index contributed by atoms with van der Waals surface area (Å²) in [6.07, 6.45) is 1.21. The van der Waals surface area contributed by atoms with Gasteiger partial charge in [0.1, 0.15) is 5.60 Å². The van der Waals surface area contributed by atoms with Crippen LogP contribution >= 0.6 is 0 Å². The van der Waals surface area contributed by atoms with Gasteiger partial charge in [-0.15, -0.1) is 0 Å². The summed E-state index contributed by atoms with van der Waals surface area (Å²) in [5.41, 5.74) is -1.94. The van der Waals surface area contributed by atoms with Crippen LogP contribution in [0, 0.1) is 0 Å². The third-order valence-corrected chi connectivity index (χ3v) is 3.69. The van der Waals surface area contributed by atoms with Crippen molar-refractivity contribution in [2.75, 3.05) is 0 Å². The second-order valence-electron chi connectivity index (χ2n) is 5.00. The molecule has 3 nitrogen and oxygen atoms in total. The Balaban J connectivity index is 1.75. The molecule has 1 amide bonds. The molecule has 0 aromatic heterocycles. The summed E-state index contributed by atoms with van der Waals surface area (Å²) in [7, 11) is 0.